The molecule has 0 radical (unpaired) electrons. The second-order valence-corrected chi connectivity index (χ2v) is 10.7. The van der Waals surface area contributed by atoms with Crippen molar-refractivity contribution in [2.24, 2.45) is 5.92 Å². The Morgan fingerprint density at radius 1 is 1.24 bits per heavy atom. The number of morpholine rings is 1. The summed E-state index contributed by atoms with van der Waals surface area (Å²) >= 11 is 0. The molecule has 0 bridgehead atoms. The third-order valence-corrected chi connectivity index (χ3v) is 8.42. The zero-order valence-electron chi connectivity index (χ0n) is 19.1. The maximum atomic E-state index is 13.5. The molecule has 3 aliphatic heterocycles. The average molecular weight is 481 g/mol. The van der Waals surface area contributed by atoms with Crippen molar-refractivity contribution in [1.29, 1.82) is 0 Å². The lowest BCUT2D eigenvalue weighted by molar-refractivity contribution is -0.126. The van der Waals surface area contributed by atoms with Gasteiger partial charge in [0, 0.05) is 45.3 Å². The molecule has 2 atom stereocenters. The van der Waals surface area contributed by atoms with Gasteiger partial charge in [0.2, 0.25) is 15.9 Å². The summed E-state index contributed by atoms with van der Waals surface area (Å²) in [6, 6.07) is 3.09. The molecule has 0 saturated carbocycles. The molecule has 33 heavy (non-hydrogen) atoms. The number of amides is 2. The molecule has 182 valence electrons. The normalized spacial score (nSPS) is 24.5. The van der Waals surface area contributed by atoms with E-state index in [1.807, 2.05) is 0 Å². The van der Waals surface area contributed by atoms with E-state index in [1.165, 1.54) is 10.4 Å². The van der Waals surface area contributed by atoms with Crippen LogP contribution in [-0.4, -0.2) is 88.0 Å². The molecule has 2 fully saturated rings. The number of aryl methyl sites for hydroxylation is 1. The van der Waals surface area contributed by atoms with Crippen LogP contribution in [0.2, 0.25) is 0 Å². The summed E-state index contributed by atoms with van der Waals surface area (Å²) in [5, 5.41) is 5.71. The van der Waals surface area contributed by atoms with Gasteiger partial charge >= 0.3 is 0 Å². The van der Waals surface area contributed by atoms with Crippen LogP contribution in [0.5, 0.6) is 5.75 Å². The smallest absolute Gasteiger partial charge is 0.265 e. The first-order valence-corrected chi connectivity index (χ1v) is 12.9. The highest BCUT2D eigenvalue weighted by Crippen LogP contribution is 2.36. The van der Waals surface area contributed by atoms with Crippen LogP contribution in [0.3, 0.4) is 0 Å². The van der Waals surface area contributed by atoms with Gasteiger partial charge in [-0.25, -0.2) is 8.42 Å². The van der Waals surface area contributed by atoms with Gasteiger partial charge < -0.3 is 20.1 Å². The summed E-state index contributed by atoms with van der Waals surface area (Å²) in [6.07, 6.45) is 0.579. The molecular weight excluding hydrogens is 448 g/mol. The fourth-order valence-corrected chi connectivity index (χ4v) is 6.19. The van der Waals surface area contributed by atoms with E-state index in [0.29, 0.717) is 56.1 Å². The monoisotopic (exact) mass is 480 g/mol. The Labute approximate surface area is 194 Å². The summed E-state index contributed by atoms with van der Waals surface area (Å²) in [5.41, 5.74) is 0.981. The van der Waals surface area contributed by atoms with E-state index in [4.69, 9.17) is 9.47 Å². The van der Waals surface area contributed by atoms with Gasteiger partial charge in [-0.05, 0) is 38.3 Å². The molecule has 10 nitrogen and oxygen atoms in total. The lowest BCUT2D eigenvalue weighted by Gasteiger charge is -2.32. The fourth-order valence-electron chi connectivity index (χ4n) is 4.44. The van der Waals surface area contributed by atoms with Gasteiger partial charge in [-0.1, -0.05) is 0 Å². The van der Waals surface area contributed by atoms with Crippen molar-refractivity contribution in [3.63, 3.8) is 0 Å². The zero-order chi connectivity index (χ0) is 23.6. The summed E-state index contributed by atoms with van der Waals surface area (Å²) in [6.45, 7) is 8.25. The predicted octanol–water partition coefficient (Wildman–Crippen LogP) is 0.564. The number of anilines is 1. The van der Waals surface area contributed by atoms with Crippen LogP contribution in [0, 0.1) is 12.8 Å². The van der Waals surface area contributed by atoms with Crippen LogP contribution in [-0.2, 0) is 24.3 Å². The van der Waals surface area contributed by atoms with Crippen molar-refractivity contribution in [2.45, 2.75) is 37.7 Å². The van der Waals surface area contributed by atoms with Crippen molar-refractivity contribution in [3.8, 4) is 5.75 Å². The van der Waals surface area contributed by atoms with Gasteiger partial charge in [-0.2, -0.15) is 4.31 Å². The number of piperidine rings is 1. The number of hydrogen-bond donors (Lipinski definition) is 2. The topological polar surface area (TPSA) is 117 Å². The van der Waals surface area contributed by atoms with E-state index in [2.05, 4.69) is 15.5 Å². The minimum Gasteiger partial charge on any atom is -0.479 e. The number of benzene rings is 1. The van der Waals surface area contributed by atoms with E-state index >= 15 is 0 Å². The van der Waals surface area contributed by atoms with Crippen LogP contribution in [0.4, 0.5) is 5.69 Å². The Bertz CT molecular complexity index is 1010. The second kappa shape index (κ2) is 9.96. The summed E-state index contributed by atoms with van der Waals surface area (Å²) < 4.78 is 39.3. The Balaban J connectivity index is 1.41. The zero-order valence-corrected chi connectivity index (χ0v) is 19.9. The molecule has 3 aliphatic rings. The third-order valence-electron chi connectivity index (χ3n) is 6.41. The minimum atomic E-state index is -3.82. The van der Waals surface area contributed by atoms with E-state index in [9.17, 15) is 18.0 Å². The van der Waals surface area contributed by atoms with Crippen molar-refractivity contribution in [2.75, 3.05) is 57.8 Å². The number of ether oxygens (including phenoxy) is 2. The van der Waals surface area contributed by atoms with Gasteiger partial charge in [0.25, 0.3) is 5.91 Å². The fraction of sp³-hybridized carbons (Fsp3) is 0.636. The van der Waals surface area contributed by atoms with Crippen LogP contribution < -0.4 is 15.4 Å². The number of hydrogen-bond acceptors (Lipinski definition) is 7. The number of rotatable bonds is 6. The standard InChI is InChI=1S/C22H32N4O6S/c1-15-12-18-19(32-16(2)21(27)24-18)13-20(15)33(29,30)26-6-3-4-17(14-26)22(28)23-5-7-25-8-10-31-11-9-25/h12-13,16-17H,3-11,14H2,1-2H3,(H,23,28)(H,24,27). The Morgan fingerprint density at radius 3 is 2.76 bits per heavy atom. The molecule has 0 aliphatic carbocycles. The molecular formula is C22H32N4O6S. The molecule has 4 rings (SSSR count). The number of sulfonamides is 1. The molecule has 1 aromatic carbocycles. The summed E-state index contributed by atoms with van der Waals surface area (Å²) in [5.74, 6) is -0.423. The van der Waals surface area contributed by atoms with Crippen LogP contribution >= 0.6 is 0 Å². The van der Waals surface area contributed by atoms with Crippen molar-refractivity contribution in [1.82, 2.24) is 14.5 Å². The molecule has 0 spiro atoms. The number of fused-ring (bicyclic) bond motifs is 1. The van der Waals surface area contributed by atoms with Gasteiger partial charge in [-0.3, -0.25) is 14.5 Å². The maximum Gasteiger partial charge on any atom is 0.265 e. The number of carbonyl (C=O) groups is 2. The van der Waals surface area contributed by atoms with Crippen molar-refractivity contribution >= 4 is 27.5 Å². The van der Waals surface area contributed by atoms with Crippen molar-refractivity contribution < 1.29 is 27.5 Å². The number of nitrogens with zero attached hydrogens (tertiary/aromatic N) is 2. The van der Waals surface area contributed by atoms with E-state index in [1.54, 1.807) is 19.9 Å². The summed E-state index contributed by atoms with van der Waals surface area (Å²) in [4.78, 5) is 27.0. The SMILES string of the molecule is Cc1cc2c(cc1S(=O)(=O)N1CCCC(C(=O)NCCN3CCOCC3)C1)OC(C)C(=O)N2. The van der Waals surface area contributed by atoms with E-state index in [-0.39, 0.29) is 29.2 Å². The third kappa shape index (κ3) is 5.32. The van der Waals surface area contributed by atoms with Crippen molar-refractivity contribution in [3.05, 3.63) is 17.7 Å². The number of carbonyl (C=O) groups excluding carboxylic acids is 2. The molecule has 11 heteroatoms. The van der Waals surface area contributed by atoms with Gasteiger partial charge in [0.1, 0.15) is 5.75 Å². The first-order chi connectivity index (χ1) is 15.8. The average Bonchev–Trinajstić information content (AvgIpc) is 2.80. The summed E-state index contributed by atoms with van der Waals surface area (Å²) in [7, 11) is -3.82. The molecule has 2 amide bonds. The van der Waals surface area contributed by atoms with Gasteiger partial charge in [-0.15, -0.1) is 0 Å². The molecule has 2 saturated heterocycles. The van der Waals surface area contributed by atoms with Crippen LogP contribution in [0.1, 0.15) is 25.3 Å². The Morgan fingerprint density at radius 2 is 2.00 bits per heavy atom. The largest absolute Gasteiger partial charge is 0.479 e. The molecule has 2 unspecified atom stereocenters. The van der Waals surface area contributed by atoms with E-state index in [0.717, 1.165) is 19.6 Å². The second-order valence-electron chi connectivity index (χ2n) is 8.81. The van der Waals surface area contributed by atoms with Crippen LogP contribution in [0.25, 0.3) is 0 Å². The lowest BCUT2D eigenvalue weighted by atomic mass is 9.99. The molecule has 3 heterocycles. The minimum absolute atomic E-state index is 0.106. The maximum absolute atomic E-state index is 13.5. The Kier molecular flexibility index (Phi) is 7.22. The van der Waals surface area contributed by atoms with Gasteiger partial charge in [0.15, 0.2) is 6.10 Å². The first kappa shape index (κ1) is 23.9. The highest BCUT2D eigenvalue weighted by molar-refractivity contribution is 7.89. The predicted molar refractivity (Wildman–Crippen MR) is 122 cm³/mol. The highest BCUT2D eigenvalue weighted by atomic mass is 32.2. The first-order valence-electron chi connectivity index (χ1n) is 11.5. The molecule has 2 N–H and O–H groups in total. The van der Waals surface area contributed by atoms with E-state index < -0.39 is 16.1 Å². The highest BCUT2D eigenvalue weighted by Gasteiger charge is 2.35. The Hall–Kier alpha value is -2.21. The lowest BCUT2D eigenvalue weighted by Crippen LogP contribution is -2.47. The van der Waals surface area contributed by atoms with Crippen LogP contribution in [0.15, 0.2) is 17.0 Å². The number of nitrogens with one attached hydrogen (secondary N) is 2. The molecule has 1 aromatic rings. The quantitative estimate of drug-likeness (QED) is 0.611. The van der Waals surface area contributed by atoms with Gasteiger partial charge in [0.05, 0.1) is 29.7 Å². The molecule has 0 aromatic heterocycles.